The van der Waals surface area contributed by atoms with Crippen LogP contribution >= 0.6 is 11.8 Å². The first-order chi connectivity index (χ1) is 13.6. The fraction of sp³-hybridized carbons (Fsp3) is 0.350. The van der Waals surface area contributed by atoms with Crippen molar-refractivity contribution in [3.63, 3.8) is 0 Å². The summed E-state index contributed by atoms with van der Waals surface area (Å²) in [6.45, 7) is 0.636. The van der Waals surface area contributed by atoms with Crippen molar-refractivity contribution in [2.24, 2.45) is 0 Å². The molecule has 0 radical (unpaired) electrons. The third-order valence-corrected chi connectivity index (χ3v) is 5.70. The fourth-order valence-electron chi connectivity index (χ4n) is 3.03. The van der Waals surface area contributed by atoms with Crippen LogP contribution in [-0.2, 0) is 0 Å². The first-order valence-corrected chi connectivity index (χ1v) is 9.78. The van der Waals surface area contributed by atoms with Gasteiger partial charge in [0.1, 0.15) is 28.4 Å². The van der Waals surface area contributed by atoms with E-state index >= 15 is 0 Å². The molecule has 1 aliphatic heterocycles. The molecule has 3 rings (SSSR count). The summed E-state index contributed by atoms with van der Waals surface area (Å²) in [6, 6.07) is 10.7. The van der Waals surface area contributed by atoms with Crippen LogP contribution in [0.25, 0.3) is 0 Å². The number of urea groups is 1. The van der Waals surface area contributed by atoms with Crippen molar-refractivity contribution in [2.75, 3.05) is 46.1 Å². The van der Waals surface area contributed by atoms with Gasteiger partial charge < -0.3 is 29.2 Å². The lowest BCUT2D eigenvalue weighted by Gasteiger charge is -2.26. The molecule has 150 valence electrons. The zero-order chi connectivity index (χ0) is 20.1. The van der Waals surface area contributed by atoms with Crippen LogP contribution in [0.15, 0.2) is 36.4 Å². The molecule has 2 aromatic carbocycles. The molecule has 0 aliphatic carbocycles. The van der Waals surface area contributed by atoms with Gasteiger partial charge in [-0.1, -0.05) is 0 Å². The number of nitrogens with zero attached hydrogens (tertiary/aromatic N) is 1. The first-order valence-electron chi connectivity index (χ1n) is 8.73. The Labute approximate surface area is 168 Å². The molecule has 1 aliphatic rings. The van der Waals surface area contributed by atoms with Gasteiger partial charge in [0.05, 0.1) is 28.4 Å². The van der Waals surface area contributed by atoms with Crippen molar-refractivity contribution in [1.82, 2.24) is 4.90 Å². The summed E-state index contributed by atoms with van der Waals surface area (Å²) in [5, 5.41) is 2.80. The molecule has 7 nitrogen and oxygen atoms in total. The minimum atomic E-state index is -0.192. The Bertz CT molecular complexity index is 823. The normalized spacial score (nSPS) is 15.9. The van der Waals surface area contributed by atoms with Crippen LogP contribution in [0.4, 0.5) is 10.5 Å². The van der Waals surface area contributed by atoms with Gasteiger partial charge in [0.25, 0.3) is 0 Å². The van der Waals surface area contributed by atoms with Crippen molar-refractivity contribution in [3.8, 4) is 23.0 Å². The maximum Gasteiger partial charge on any atom is 0.323 e. The number of anilines is 1. The third-order valence-electron chi connectivity index (χ3n) is 4.46. The minimum Gasteiger partial charge on any atom is -0.497 e. The largest absolute Gasteiger partial charge is 0.497 e. The maximum absolute atomic E-state index is 13.0. The maximum atomic E-state index is 13.0. The van der Waals surface area contributed by atoms with E-state index in [1.165, 1.54) is 0 Å². The minimum absolute atomic E-state index is 0.145. The number of ether oxygens (including phenoxy) is 4. The molecule has 2 amide bonds. The lowest BCUT2D eigenvalue weighted by atomic mass is 10.1. The smallest absolute Gasteiger partial charge is 0.323 e. The summed E-state index contributed by atoms with van der Waals surface area (Å²) in [5.41, 5.74) is 1.54. The molecular weight excluding hydrogens is 380 g/mol. The van der Waals surface area contributed by atoms with Crippen LogP contribution in [0.5, 0.6) is 23.0 Å². The highest BCUT2D eigenvalue weighted by Crippen LogP contribution is 2.43. The van der Waals surface area contributed by atoms with E-state index in [4.69, 9.17) is 18.9 Å². The van der Waals surface area contributed by atoms with E-state index in [1.807, 2.05) is 18.2 Å². The molecule has 1 unspecified atom stereocenters. The quantitative estimate of drug-likeness (QED) is 0.785. The predicted molar refractivity (Wildman–Crippen MR) is 110 cm³/mol. The number of carbonyl (C=O) groups is 1. The van der Waals surface area contributed by atoms with E-state index in [1.54, 1.807) is 63.3 Å². The average Bonchev–Trinajstić information content (AvgIpc) is 3.22. The van der Waals surface area contributed by atoms with Gasteiger partial charge in [-0.05, 0) is 12.1 Å². The summed E-state index contributed by atoms with van der Waals surface area (Å²) in [5.74, 6) is 3.47. The summed E-state index contributed by atoms with van der Waals surface area (Å²) >= 11 is 1.70. The van der Waals surface area contributed by atoms with Gasteiger partial charge in [-0.15, -0.1) is 11.8 Å². The van der Waals surface area contributed by atoms with Gasteiger partial charge in [-0.3, -0.25) is 0 Å². The standard InChI is InChI=1S/C20H24N2O5S/c1-24-14-5-6-17(18(12-14)27-4)19-22(7-8-28-19)20(23)21-13-9-15(25-2)11-16(10-13)26-3/h5-6,9-12,19H,7-8H2,1-4H3,(H,21,23). The van der Waals surface area contributed by atoms with E-state index in [-0.39, 0.29) is 11.4 Å². The molecule has 0 aromatic heterocycles. The highest BCUT2D eigenvalue weighted by atomic mass is 32.2. The van der Waals surface area contributed by atoms with Crippen LogP contribution in [0.3, 0.4) is 0 Å². The number of rotatable bonds is 6. The van der Waals surface area contributed by atoms with Crippen molar-refractivity contribution in [1.29, 1.82) is 0 Å². The van der Waals surface area contributed by atoms with E-state index in [2.05, 4.69) is 5.32 Å². The molecule has 1 saturated heterocycles. The summed E-state index contributed by atoms with van der Waals surface area (Å²) < 4.78 is 21.3. The summed E-state index contributed by atoms with van der Waals surface area (Å²) in [6.07, 6.45) is 0. The number of hydrogen-bond acceptors (Lipinski definition) is 6. The van der Waals surface area contributed by atoms with Gasteiger partial charge >= 0.3 is 6.03 Å². The van der Waals surface area contributed by atoms with Crippen molar-refractivity contribution < 1.29 is 23.7 Å². The number of nitrogens with one attached hydrogen (secondary N) is 1. The molecule has 8 heteroatoms. The third kappa shape index (κ3) is 4.22. The van der Waals surface area contributed by atoms with Crippen molar-refractivity contribution in [3.05, 3.63) is 42.0 Å². The zero-order valence-corrected chi connectivity index (χ0v) is 17.2. The molecule has 1 atom stereocenters. The Morgan fingerprint density at radius 3 is 2.25 bits per heavy atom. The molecule has 1 N–H and O–H groups in total. The number of benzene rings is 2. The lowest BCUT2D eigenvalue weighted by Crippen LogP contribution is -2.34. The lowest BCUT2D eigenvalue weighted by molar-refractivity contribution is 0.213. The van der Waals surface area contributed by atoms with Crippen LogP contribution in [0, 0.1) is 0 Å². The number of hydrogen-bond donors (Lipinski definition) is 1. The summed E-state index contributed by atoms with van der Waals surface area (Å²) in [7, 11) is 6.37. The Hall–Kier alpha value is -2.74. The van der Waals surface area contributed by atoms with Gasteiger partial charge in [-0.2, -0.15) is 0 Å². The Kier molecular flexibility index (Phi) is 6.41. The average molecular weight is 404 g/mol. The molecule has 2 aromatic rings. The van der Waals surface area contributed by atoms with E-state index in [0.717, 1.165) is 11.3 Å². The van der Waals surface area contributed by atoms with Crippen molar-refractivity contribution in [2.45, 2.75) is 5.37 Å². The summed E-state index contributed by atoms with van der Waals surface area (Å²) in [4.78, 5) is 14.8. The highest BCUT2D eigenvalue weighted by Gasteiger charge is 2.33. The second-order valence-electron chi connectivity index (χ2n) is 6.06. The molecule has 1 fully saturated rings. The molecule has 1 heterocycles. The van der Waals surface area contributed by atoms with E-state index < -0.39 is 0 Å². The number of amides is 2. The molecule has 28 heavy (non-hydrogen) atoms. The molecule has 0 spiro atoms. The van der Waals surface area contributed by atoms with Crippen LogP contribution in [0.2, 0.25) is 0 Å². The molecule has 0 bridgehead atoms. The highest BCUT2D eigenvalue weighted by molar-refractivity contribution is 7.99. The molecular formula is C20H24N2O5S. The van der Waals surface area contributed by atoms with E-state index in [9.17, 15) is 4.79 Å². The van der Waals surface area contributed by atoms with Gasteiger partial charge in [0, 0.05) is 47.8 Å². The first kappa shape index (κ1) is 20.0. The predicted octanol–water partition coefficient (Wildman–Crippen LogP) is 4.00. The van der Waals surface area contributed by atoms with Gasteiger partial charge in [0.15, 0.2) is 0 Å². The van der Waals surface area contributed by atoms with Crippen molar-refractivity contribution >= 4 is 23.5 Å². The Morgan fingerprint density at radius 2 is 1.64 bits per heavy atom. The van der Waals surface area contributed by atoms with Crippen LogP contribution < -0.4 is 24.3 Å². The number of methoxy groups -OCH3 is 4. The second kappa shape index (κ2) is 8.97. The van der Waals surface area contributed by atoms with Crippen LogP contribution in [0.1, 0.15) is 10.9 Å². The SMILES string of the molecule is COc1cc(NC(=O)N2CCSC2c2ccc(OC)cc2OC)cc(OC)c1. The zero-order valence-electron chi connectivity index (χ0n) is 16.4. The fourth-order valence-corrected chi connectivity index (χ4v) is 4.31. The number of carbonyl (C=O) groups excluding carboxylic acids is 1. The Balaban J connectivity index is 1.82. The second-order valence-corrected chi connectivity index (χ2v) is 7.24. The van der Waals surface area contributed by atoms with Gasteiger partial charge in [0.2, 0.25) is 0 Å². The monoisotopic (exact) mass is 404 g/mol. The topological polar surface area (TPSA) is 69.3 Å². The number of thioether (sulfide) groups is 1. The molecule has 0 saturated carbocycles. The Morgan fingerprint density at radius 1 is 0.964 bits per heavy atom. The van der Waals surface area contributed by atoms with Crippen LogP contribution in [-0.4, -0.2) is 51.7 Å². The van der Waals surface area contributed by atoms with Gasteiger partial charge in [-0.25, -0.2) is 4.79 Å². The van der Waals surface area contributed by atoms with E-state index in [0.29, 0.717) is 35.2 Å².